The summed E-state index contributed by atoms with van der Waals surface area (Å²) in [5.41, 5.74) is 2.19. The van der Waals surface area contributed by atoms with E-state index in [2.05, 4.69) is 15.5 Å². The molecule has 4 nitrogen and oxygen atoms in total. The highest BCUT2D eigenvalue weighted by molar-refractivity contribution is 8.01. The van der Waals surface area contributed by atoms with E-state index in [1.165, 1.54) is 40.0 Å². The van der Waals surface area contributed by atoms with Crippen molar-refractivity contribution in [1.29, 1.82) is 0 Å². The Morgan fingerprint density at radius 3 is 2.77 bits per heavy atom. The lowest BCUT2D eigenvalue weighted by Gasteiger charge is -2.01. The number of anilines is 2. The van der Waals surface area contributed by atoms with Gasteiger partial charge in [0.25, 0.3) is 0 Å². The molecule has 3 rings (SSSR count). The Hall–Kier alpha value is -1.70. The van der Waals surface area contributed by atoms with Gasteiger partial charge in [-0.2, -0.15) is 0 Å². The van der Waals surface area contributed by atoms with Crippen molar-refractivity contribution in [3.05, 3.63) is 52.2 Å². The average molecular weight is 347 g/mol. The molecule has 7 heteroatoms. The second-order valence-electron chi connectivity index (χ2n) is 4.55. The molecule has 0 aliphatic rings. The zero-order chi connectivity index (χ0) is 15.4. The second kappa shape index (κ2) is 7.04. The fourth-order valence-electron chi connectivity index (χ4n) is 1.71. The summed E-state index contributed by atoms with van der Waals surface area (Å²) in [6.07, 6.45) is 0. The third kappa shape index (κ3) is 3.94. The zero-order valence-corrected chi connectivity index (χ0v) is 14.2. The maximum absolute atomic E-state index is 11.9. The van der Waals surface area contributed by atoms with Gasteiger partial charge in [-0.1, -0.05) is 46.9 Å². The summed E-state index contributed by atoms with van der Waals surface area (Å²) >= 11 is 4.34. The maximum Gasteiger partial charge on any atom is 0.210 e. The summed E-state index contributed by atoms with van der Waals surface area (Å²) in [6, 6.07) is 11.8. The molecule has 0 fully saturated rings. The average Bonchev–Trinajstić information content (AvgIpc) is 3.19. The molecule has 0 aliphatic heterocycles. The molecule has 3 aromatic rings. The van der Waals surface area contributed by atoms with Crippen molar-refractivity contribution >= 4 is 51.0 Å². The summed E-state index contributed by atoms with van der Waals surface area (Å²) < 4.78 is 0.791. The smallest absolute Gasteiger partial charge is 0.210 e. The van der Waals surface area contributed by atoms with Crippen LogP contribution < -0.4 is 5.32 Å². The number of carbonyl (C=O) groups excluding carboxylic acids is 1. The van der Waals surface area contributed by atoms with Gasteiger partial charge in [-0.25, -0.2) is 0 Å². The van der Waals surface area contributed by atoms with E-state index < -0.39 is 0 Å². The van der Waals surface area contributed by atoms with E-state index in [1.54, 1.807) is 0 Å². The Kier molecular flexibility index (Phi) is 4.87. The molecule has 0 aliphatic carbocycles. The fraction of sp³-hybridized carbons (Fsp3) is 0.133. The van der Waals surface area contributed by atoms with Gasteiger partial charge in [0.05, 0.1) is 10.6 Å². The van der Waals surface area contributed by atoms with Crippen molar-refractivity contribution in [1.82, 2.24) is 10.2 Å². The normalized spacial score (nSPS) is 10.6. The van der Waals surface area contributed by atoms with Crippen molar-refractivity contribution in [2.24, 2.45) is 0 Å². The SMILES string of the molecule is Cc1ccc(Nc2nnc(SCC(=O)c3cccs3)s2)cc1. The molecule has 0 radical (unpaired) electrons. The van der Waals surface area contributed by atoms with Crippen LogP contribution in [-0.2, 0) is 0 Å². The van der Waals surface area contributed by atoms with Gasteiger partial charge in [-0.3, -0.25) is 4.79 Å². The van der Waals surface area contributed by atoms with Crippen LogP contribution in [0.25, 0.3) is 0 Å². The molecule has 22 heavy (non-hydrogen) atoms. The minimum atomic E-state index is 0.128. The van der Waals surface area contributed by atoms with Crippen LogP contribution in [0.15, 0.2) is 46.1 Å². The summed E-state index contributed by atoms with van der Waals surface area (Å²) in [7, 11) is 0. The monoisotopic (exact) mass is 347 g/mol. The van der Waals surface area contributed by atoms with E-state index in [0.717, 1.165) is 20.0 Å². The van der Waals surface area contributed by atoms with E-state index in [-0.39, 0.29) is 5.78 Å². The number of thioether (sulfide) groups is 1. The van der Waals surface area contributed by atoms with E-state index in [4.69, 9.17) is 0 Å². The Balaban J connectivity index is 1.57. The lowest BCUT2D eigenvalue weighted by atomic mass is 10.2. The Labute approximate surface area is 140 Å². The molecule has 112 valence electrons. The van der Waals surface area contributed by atoms with Crippen molar-refractivity contribution in [3.63, 3.8) is 0 Å². The predicted octanol–water partition coefficient (Wildman–Crippen LogP) is 4.63. The third-order valence-electron chi connectivity index (χ3n) is 2.83. The third-order valence-corrected chi connectivity index (χ3v) is 5.71. The van der Waals surface area contributed by atoms with Crippen LogP contribution >= 0.6 is 34.4 Å². The van der Waals surface area contributed by atoms with Gasteiger partial charge in [0, 0.05) is 5.69 Å². The van der Waals surface area contributed by atoms with Gasteiger partial charge >= 0.3 is 0 Å². The number of aromatic nitrogens is 2. The number of benzene rings is 1. The number of rotatable bonds is 6. The van der Waals surface area contributed by atoms with Gasteiger partial charge in [0.15, 0.2) is 10.1 Å². The Bertz CT molecular complexity index is 751. The highest BCUT2D eigenvalue weighted by Gasteiger charge is 2.10. The van der Waals surface area contributed by atoms with Gasteiger partial charge in [-0.15, -0.1) is 21.5 Å². The van der Waals surface area contributed by atoms with Gasteiger partial charge < -0.3 is 5.32 Å². The standard InChI is InChI=1S/C15H13N3OS3/c1-10-4-6-11(7-5-10)16-14-17-18-15(22-14)21-9-12(19)13-3-2-8-20-13/h2-8H,9H2,1H3,(H,16,17). The molecule has 2 heterocycles. The summed E-state index contributed by atoms with van der Waals surface area (Å²) in [6.45, 7) is 2.05. The van der Waals surface area contributed by atoms with Crippen LogP contribution in [0.4, 0.5) is 10.8 Å². The van der Waals surface area contributed by atoms with Crippen LogP contribution in [0.1, 0.15) is 15.2 Å². The first kappa shape index (κ1) is 15.2. The van der Waals surface area contributed by atoms with Crippen LogP contribution in [0.2, 0.25) is 0 Å². The van der Waals surface area contributed by atoms with Crippen molar-refractivity contribution in [3.8, 4) is 0 Å². The largest absolute Gasteiger partial charge is 0.330 e. The minimum Gasteiger partial charge on any atom is -0.330 e. The number of thiophene rings is 1. The first-order chi connectivity index (χ1) is 10.7. The number of nitrogens with zero attached hydrogens (tertiary/aromatic N) is 2. The molecule has 0 atom stereocenters. The highest BCUT2D eigenvalue weighted by Crippen LogP contribution is 2.28. The molecule has 2 aromatic heterocycles. The number of carbonyl (C=O) groups is 1. The van der Waals surface area contributed by atoms with Gasteiger partial charge in [0.2, 0.25) is 5.13 Å². The van der Waals surface area contributed by atoms with Gasteiger partial charge in [-0.05, 0) is 30.5 Å². The van der Waals surface area contributed by atoms with Gasteiger partial charge in [0.1, 0.15) is 0 Å². The quantitative estimate of drug-likeness (QED) is 0.520. The number of Topliss-reactive ketones (excluding diaryl/α,β-unsaturated/α-hetero) is 1. The first-order valence-corrected chi connectivity index (χ1v) is 9.25. The summed E-state index contributed by atoms with van der Waals surface area (Å²) in [5, 5.41) is 14.1. The van der Waals surface area contributed by atoms with Crippen molar-refractivity contribution in [2.45, 2.75) is 11.3 Å². The molecule has 0 unspecified atom stereocenters. The van der Waals surface area contributed by atoms with Crippen molar-refractivity contribution < 1.29 is 4.79 Å². The molecule has 0 spiro atoms. The summed E-state index contributed by atoms with van der Waals surface area (Å²) in [5.74, 6) is 0.517. The van der Waals surface area contributed by atoms with Crippen LogP contribution in [0, 0.1) is 6.92 Å². The number of hydrogen-bond acceptors (Lipinski definition) is 7. The highest BCUT2D eigenvalue weighted by atomic mass is 32.2. The molecular weight excluding hydrogens is 334 g/mol. The van der Waals surface area contributed by atoms with Crippen LogP contribution in [-0.4, -0.2) is 21.7 Å². The molecular formula is C15H13N3OS3. The molecule has 0 amide bonds. The van der Waals surface area contributed by atoms with Crippen molar-refractivity contribution in [2.75, 3.05) is 11.1 Å². The fourth-order valence-corrected chi connectivity index (χ4v) is 4.13. The van der Waals surface area contributed by atoms with E-state index in [0.29, 0.717) is 5.75 Å². The van der Waals surface area contributed by atoms with E-state index in [1.807, 2.05) is 48.7 Å². The maximum atomic E-state index is 11.9. The number of nitrogens with one attached hydrogen (secondary N) is 1. The molecule has 0 bridgehead atoms. The predicted molar refractivity (Wildman–Crippen MR) is 93.7 cm³/mol. The Morgan fingerprint density at radius 1 is 1.23 bits per heavy atom. The zero-order valence-electron chi connectivity index (χ0n) is 11.8. The second-order valence-corrected chi connectivity index (χ2v) is 7.70. The number of hydrogen-bond donors (Lipinski definition) is 1. The number of ketones is 1. The lowest BCUT2D eigenvalue weighted by Crippen LogP contribution is -1.98. The molecule has 1 N–H and O–H groups in total. The Morgan fingerprint density at radius 2 is 2.05 bits per heavy atom. The summed E-state index contributed by atoms with van der Waals surface area (Å²) in [4.78, 5) is 12.7. The van der Waals surface area contributed by atoms with E-state index in [9.17, 15) is 4.79 Å². The topological polar surface area (TPSA) is 54.9 Å². The van der Waals surface area contributed by atoms with Crippen LogP contribution in [0.3, 0.4) is 0 Å². The molecule has 0 saturated carbocycles. The first-order valence-electron chi connectivity index (χ1n) is 6.57. The number of aryl methyl sites for hydroxylation is 1. The molecule has 0 saturated heterocycles. The van der Waals surface area contributed by atoms with Crippen LogP contribution in [0.5, 0.6) is 0 Å². The lowest BCUT2D eigenvalue weighted by molar-refractivity contribution is 0.102. The minimum absolute atomic E-state index is 0.128. The van der Waals surface area contributed by atoms with E-state index >= 15 is 0 Å². The molecule has 1 aromatic carbocycles.